The summed E-state index contributed by atoms with van der Waals surface area (Å²) in [6, 6.07) is 4.75. The molecule has 0 aromatic carbocycles. The van der Waals surface area contributed by atoms with Crippen molar-refractivity contribution in [1.29, 1.82) is 0 Å². The molecule has 1 aromatic heterocycles. The number of carbonyl (C=O) groups is 1. The van der Waals surface area contributed by atoms with Crippen LogP contribution in [0, 0.1) is 0 Å². The molecule has 1 unspecified atom stereocenters. The van der Waals surface area contributed by atoms with Crippen LogP contribution in [0.4, 0.5) is 4.79 Å². The van der Waals surface area contributed by atoms with Crippen LogP contribution in [0.15, 0.2) is 22.8 Å². The molecule has 1 aromatic rings. The normalized spacial score (nSPS) is 22.5. The molecule has 1 atom stereocenters. The summed E-state index contributed by atoms with van der Waals surface area (Å²) < 4.78 is 10.8. The van der Waals surface area contributed by atoms with Gasteiger partial charge in [-0.05, 0) is 59.8 Å². The third kappa shape index (κ3) is 5.55. The van der Waals surface area contributed by atoms with Gasteiger partial charge >= 0.3 is 6.09 Å². The molecule has 1 saturated carbocycles. The van der Waals surface area contributed by atoms with Crippen molar-refractivity contribution in [1.82, 2.24) is 15.5 Å². The first-order chi connectivity index (χ1) is 10.7. The molecule has 0 bridgehead atoms. The number of nitrogens with zero attached hydrogens (tertiary/aromatic N) is 1. The Balaban J connectivity index is 1.69. The van der Waals surface area contributed by atoms with Gasteiger partial charge in [-0.2, -0.15) is 0 Å². The summed E-state index contributed by atoms with van der Waals surface area (Å²) in [4.78, 5) is 13.8. The molecular formula is C17H29N3O3. The number of hydrogen-bond donors (Lipinski definition) is 2. The number of ether oxygens (including phenoxy) is 1. The van der Waals surface area contributed by atoms with Gasteiger partial charge in [0.05, 0.1) is 12.3 Å². The zero-order valence-electron chi connectivity index (χ0n) is 14.8. The van der Waals surface area contributed by atoms with Crippen LogP contribution in [0.3, 0.4) is 0 Å². The quantitative estimate of drug-likeness (QED) is 0.842. The van der Waals surface area contributed by atoms with E-state index in [-0.39, 0.29) is 18.2 Å². The van der Waals surface area contributed by atoms with Crippen LogP contribution in [-0.4, -0.2) is 49.3 Å². The fourth-order valence-electron chi connectivity index (χ4n) is 2.67. The van der Waals surface area contributed by atoms with Crippen molar-refractivity contribution in [3.05, 3.63) is 24.2 Å². The van der Waals surface area contributed by atoms with Crippen LogP contribution in [0.1, 0.15) is 45.4 Å². The highest BCUT2D eigenvalue weighted by Crippen LogP contribution is 2.23. The minimum atomic E-state index is -0.451. The molecule has 130 valence electrons. The predicted octanol–water partition coefficient (Wildman–Crippen LogP) is 2.53. The molecule has 1 aliphatic rings. The second kappa shape index (κ2) is 7.36. The van der Waals surface area contributed by atoms with Gasteiger partial charge in [-0.15, -0.1) is 0 Å². The van der Waals surface area contributed by atoms with Crippen LogP contribution in [0.5, 0.6) is 0 Å². The van der Waals surface area contributed by atoms with Crippen molar-refractivity contribution >= 4 is 6.09 Å². The molecule has 23 heavy (non-hydrogen) atoms. The topological polar surface area (TPSA) is 66.7 Å². The second-order valence-corrected chi connectivity index (χ2v) is 7.41. The molecule has 0 saturated heterocycles. The fraction of sp³-hybridized carbons (Fsp3) is 0.706. The van der Waals surface area contributed by atoms with E-state index in [9.17, 15) is 4.79 Å². The lowest BCUT2D eigenvalue weighted by molar-refractivity contribution is 0.0464. The summed E-state index contributed by atoms with van der Waals surface area (Å²) in [6.07, 6.45) is 3.23. The van der Waals surface area contributed by atoms with Crippen molar-refractivity contribution in [3.8, 4) is 0 Å². The number of amides is 1. The molecular weight excluding hydrogens is 294 g/mol. The first kappa shape index (κ1) is 17.8. The lowest BCUT2D eigenvalue weighted by Gasteiger charge is -2.38. The number of alkyl carbamates (subject to hydrolysis) is 1. The molecule has 1 amide bonds. The summed E-state index contributed by atoms with van der Waals surface area (Å²) in [5, 5.41) is 6.46. The minimum Gasteiger partial charge on any atom is -0.468 e. The molecule has 1 heterocycles. The van der Waals surface area contributed by atoms with Crippen LogP contribution in [0.25, 0.3) is 0 Å². The average Bonchev–Trinajstić information content (AvgIpc) is 2.86. The Hall–Kier alpha value is -1.53. The van der Waals surface area contributed by atoms with Crippen LogP contribution < -0.4 is 10.6 Å². The Morgan fingerprint density at radius 1 is 1.39 bits per heavy atom. The highest BCUT2D eigenvalue weighted by molar-refractivity contribution is 5.68. The zero-order valence-corrected chi connectivity index (χ0v) is 14.8. The van der Waals surface area contributed by atoms with Gasteiger partial charge in [-0.25, -0.2) is 4.79 Å². The number of rotatable bonds is 6. The van der Waals surface area contributed by atoms with Gasteiger partial charge in [0.2, 0.25) is 0 Å². The van der Waals surface area contributed by atoms with Gasteiger partial charge in [-0.3, -0.25) is 4.90 Å². The van der Waals surface area contributed by atoms with E-state index >= 15 is 0 Å². The lowest BCUT2D eigenvalue weighted by atomic mass is 9.86. The number of hydrogen-bond acceptors (Lipinski definition) is 5. The molecule has 6 heteroatoms. The number of carbonyl (C=O) groups excluding carboxylic acids is 1. The van der Waals surface area contributed by atoms with Crippen molar-refractivity contribution in [2.75, 3.05) is 20.6 Å². The van der Waals surface area contributed by atoms with Crippen LogP contribution in [-0.2, 0) is 4.74 Å². The molecule has 2 N–H and O–H groups in total. The maximum Gasteiger partial charge on any atom is 0.407 e. The van der Waals surface area contributed by atoms with Gasteiger partial charge in [0.1, 0.15) is 11.4 Å². The van der Waals surface area contributed by atoms with E-state index < -0.39 is 5.60 Å². The maximum absolute atomic E-state index is 11.7. The Bertz CT molecular complexity index is 488. The van der Waals surface area contributed by atoms with E-state index in [0.717, 1.165) is 25.1 Å². The smallest absolute Gasteiger partial charge is 0.407 e. The highest BCUT2D eigenvalue weighted by Gasteiger charge is 2.32. The van der Waals surface area contributed by atoms with Crippen molar-refractivity contribution < 1.29 is 13.9 Å². The van der Waals surface area contributed by atoms with E-state index in [1.165, 1.54) is 0 Å². The van der Waals surface area contributed by atoms with Crippen molar-refractivity contribution in [2.24, 2.45) is 0 Å². The lowest BCUT2D eigenvalue weighted by Crippen LogP contribution is -2.54. The number of furan rings is 1. The number of likely N-dealkylation sites (N-methyl/N-ethyl adjacent to an activating group) is 1. The molecule has 1 aliphatic carbocycles. The minimum absolute atomic E-state index is 0.198. The van der Waals surface area contributed by atoms with Gasteiger partial charge in [0.15, 0.2) is 0 Å². The molecule has 2 rings (SSSR count). The largest absolute Gasteiger partial charge is 0.468 e. The van der Waals surface area contributed by atoms with E-state index in [0.29, 0.717) is 6.04 Å². The van der Waals surface area contributed by atoms with E-state index in [4.69, 9.17) is 9.15 Å². The fourth-order valence-corrected chi connectivity index (χ4v) is 2.67. The monoisotopic (exact) mass is 323 g/mol. The molecule has 0 spiro atoms. The van der Waals surface area contributed by atoms with Gasteiger partial charge in [-0.1, -0.05) is 0 Å². The zero-order chi connectivity index (χ0) is 17.0. The Morgan fingerprint density at radius 2 is 2.09 bits per heavy atom. The maximum atomic E-state index is 11.7. The van der Waals surface area contributed by atoms with Crippen molar-refractivity contribution in [3.63, 3.8) is 0 Å². The third-order valence-electron chi connectivity index (χ3n) is 3.95. The van der Waals surface area contributed by atoms with Crippen LogP contribution >= 0.6 is 0 Å². The number of nitrogens with one attached hydrogen (secondary N) is 2. The summed E-state index contributed by atoms with van der Waals surface area (Å²) in [5.41, 5.74) is -0.451. The first-order valence-electron chi connectivity index (χ1n) is 8.17. The summed E-state index contributed by atoms with van der Waals surface area (Å²) in [6.45, 7) is 6.43. The van der Waals surface area contributed by atoms with Gasteiger partial charge in [0, 0.05) is 18.6 Å². The van der Waals surface area contributed by atoms with E-state index in [1.807, 2.05) is 47.0 Å². The average molecular weight is 323 g/mol. The summed E-state index contributed by atoms with van der Waals surface area (Å²) in [5.74, 6) is 0.963. The van der Waals surface area contributed by atoms with Crippen molar-refractivity contribution in [2.45, 2.75) is 57.3 Å². The molecule has 0 aliphatic heterocycles. The summed E-state index contributed by atoms with van der Waals surface area (Å²) >= 11 is 0. The van der Waals surface area contributed by atoms with Gasteiger partial charge < -0.3 is 19.8 Å². The van der Waals surface area contributed by atoms with E-state index in [1.54, 1.807) is 6.26 Å². The molecule has 0 radical (unpaired) electrons. The van der Waals surface area contributed by atoms with Crippen LogP contribution in [0.2, 0.25) is 0 Å². The molecule has 1 fully saturated rings. The third-order valence-corrected chi connectivity index (χ3v) is 3.95. The predicted molar refractivity (Wildman–Crippen MR) is 89.3 cm³/mol. The first-order valence-corrected chi connectivity index (χ1v) is 8.17. The SMILES string of the molecule is CN(C)C(CNC1CC(NC(=O)OC(C)(C)C)C1)c1ccco1. The summed E-state index contributed by atoms with van der Waals surface area (Å²) in [7, 11) is 4.09. The second-order valence-electron chi connectivity index (χ2n) is 7.41. The Kier molecular flexibility index (Phi) is 5.70. The van der Waals surface area contributed by atoms with Gasteiger partial charge in [0.25, 0.3) is 0 Å². The van der Waals surface area contributed by atoms with E-state index in [2.05, 4.69) is 15.5 Å². The molecule has 6 nitrogen and oxygen atoms in total. The Labute approximate surface area is 138 Å². The highest BCUT2D eigenvalue weighted by atomic mass is 16.6. The standard InChI is InChI=1S/C17H29N3O3/c1-17(2,3)23-16(21)19-13-9-12(10-13)18-11-14(20(4)5)15-7-6-8-22-15/h6-8,12-14,18H,9-11H2,1-5H3,(H,19,21). The Morgan fingerprint density at radius 3 is 2.61 bits per heavy atom.